The first-order chi connectivity index (χ1) is 8.09. The summed E-state index contributed by atoms with van der Waals surface area (Å²) in [7, 11) is 0. The first-order valence-corrected chi connectivity index (χ1v) is 6.93. The number of halogens is 1. The molecule has 1 aliphatic carbocycles. The Balaban J connectivity index is 2.46. The van der Waals surface area contributed by atoms with Crippen LogP contribution in [0, 0.1) is 20.8 Å². The normalized spacial score (nSPS) is 16.1. The topological polar surface area (TPSA) is 0 Å². The first kappa shape index (κ1) is 12.7. The lowest BCUT2D eigenvalue weighted by Crippen LogP contribution is -1.99. The molecule has 0 N–H and O–H groups in total. The minimum Gasteiger partial charge on any atom is -0.0837 e. The molecule has 0 amide bonds. The largest absolute Gasteiger partial charge is 0.0837 e. The summed E-state index contributed by atoms with van der Waals surface area (Å²) >= 11 is 6.63. The fourth-order valence-corrected chi connectivity index (χ4v) is 3.39. The molecule has 0 atom stereocenters. The Bertz CT molecular complexity index is 424. The molecule has 92 valence electrons. The third-order valence-corrected chi connectivity index (χ3v) is 4.12. The highest BCUT2D eigenvalue weighted by Gasteiger charge is 2.14. The summed E-state index contributed by atoms with van der Waals surface area (Å²) in [6, 6.07) is 4.46. The highest BCUT2D eigenvalue weighted by molar-refractivity contribution is 6.49. The number of allylic oxidation sites excluding steroid dienone is 1. The van der Waals surface area contributed by atoms with Crippen LogP contribution in [0.15, 0.2) is 17.7 Å². The maximum Gasteiger partial charge on any atom is 0.0475 e. The van der Waals surface area contributed by atoms with E-state index in [4.69, 9.17) is 11.6 Å². The summed E-state index contributed by atoms with van der Waals surface area (Å²) in [5, 5.41) is 1.03. The second kappa shape index (κ2) is 5.27. The van der Waals surface area contributed by atoms with Crippen molar-refractivity contribution in [3.8, 4) is 0 Å². The van der Waals surface area contributed by atoms with Crippen molar-refractivity contribution in [3.05, 3.63) is 40.0 Å². The average Bonchev–Trinajstić information content (AvgIpc) is 2.28. The van der Waals surface area contributed by atoms with Gasteiger partial charge in [0.25, 0.3) is 0 Å². The van der Waals surface area contributed by atoms with Crippen molar-refractivity contribution < 1.29 is 0 Å². The number of benzene rings is 1. The standard InChI is InChI=1S/C16H21Cl/c1-11-9-12(2)15(13(3)10-11)16(17)14-7-5-4-6-8-14/h9-10H,4-8H2,1-3H3. The van der Waals surface area contributed by atoms with Crippen molar-refractivity contribution in [1.29, 1.82) is 0 Å². The van der Waals surface area contributed by atoms with Gasteiger partial charge in [-0.2, -0.15) is 0 Å². The van der Waals surface area contributed by atoms with Crippen LogP contribution in [0.25, 0.3) is 5.03 Å². The van der Waals surface area contributed by atoms with Crippen molar-refractivity contribution in [2.75, 3.05) is 0 Å². The minimum absolute atomic E-state index is 1.03. The number of rotatable bonds is 1. The molecule has 0 unspecified atom stereocenters. The second-order valence-corrected chi connectivity index (χ2v) is 5.63. The maximum atomic E-state index is 6.63. The van der Waals surface area contributed by atoms with E-state index in [9.17, 15) is 0 Å². The molecule has 0 nitrogen and oxygen atoms in total. The molecular formula is C16H21Cl. The smallest absolute Gasteiger partial charge is 0.0475 e. The molecular weight excluding hydrogens is 228 g/mol. The van der Waals surface area contributed by atoms with Gasteiger partial charge in [0.2, 0.25) is 0 Å². The highest BCUT2D eigenvalue weighted by atomic mass is 35.5. The molecule has 0 aliphatic heterocycles. The second-order valence-electron chi connectivity index (χ2n) is 5.25. The van der Waals surface area contributed by atoms with Crippen molar-refractivity contribution in [1.82, 2.24) is 0 Å². The van der Waals surface area contributed by atoms with Crippen LogP contribution < -0.4 is 0 Å². The Kier molecular flexibility index (Phi) is 3.93. The van der Waals surface area contributed by atoms with Gasteiger partial charge in [0.15, 0.2) is 0 Å². The zero-order chi connectivity index (χ0) is 12.4. The third-order valence-electron chi connectivity index (χ3n) is 3.66. The minimum atomic E-state index is 1.03. The van der Waals surface area contributed by atoms with Crippen molar-refractivity contribution in [3.63, 3.8) is 0 Å². The van der Waals surface area contributed by atoms with Crippen LogP contribution >= 0.6 is 11.6 Å². The van der Waals surface area contributed by atoms with E-state index in [0.29, 0.717) is 0 Å². The van der Waals surface area contributed by atoms with Gasteiger partial charge in [-0.1, -0.05) is 41.3 Å². The Morgan fingerprint density at radius 1 is 0.941 bits per heavy atom. The molecule has 1 aliphatic rings. The van der Waals surface area contributed by atoms with Crippen LogP contribution in [0.1, 0.15) is 54.4 Å². The zero-order valence-corrected chi connectivity index (χ0v) is 11.8. The predicted molar refractivity (Wildman–Crippen MR) is 76.5 cm³/mol. The predicted octanol–water partition coefficient (Wildman–Crippen LogP) is 5.53. The summed E-state index contributed by atoms with van der Waals surface area (Å²) in [5.74, 6) is 0. The van der Waals surface area contributed by atoms with Crippen LogP contribution in [0.5, 0.6) is 0 Å². The SMILES string of the molecule is Cc1cc(C)c(C(Cl)=C2CCCCC2)c(C)c1. The van der Waals surface area contributed by atoms with Gasteiger partial charge in [0, 0.05) is 5.03 Å². The van der Waals surface area contributed by atoms with E-state index in [1.807, 2.05) is 0 Å². The quantitative estimate of drug-likeness (QED) is 0.613. The molecule has 2 rings (SSSR count). The fourth-order valence-electron chi connectivity index (χ4n) is 2.90. The van der Waals surface area contributed by atoms with Crippen molar-refractivity contribution in [2.24, 2.45) is 0 Å². The van der Waals surface area contributed by atoms with Crippen LogP contribution in [0.3, 0.4) is 0 Å². The maximum absolute atomic E-state index is 6.63. The van der Waals surface area contributed by atoms with E-state index in [2.05, 4.69) is 32.9 Å². The van der Waals surface area contributed by atoms with E-state index in [-0.39, 0.29) is 0 Å². The molecule has 0 spiro atoms. The average molecular weight is 249 g/mol. The molecule has 0 heterocycles. The molecule has 0 bridgehead atoms. The Hall–Kier alpha value is -0.750. The summed E-state index contributed by atoms with van der Waals surface area (Å²) in [4.78, 5) is 0. The molecule has 1 heteroatoms. The van der Waals surface area contributed by atoms with E-state index < -0.39 is 0 Å². The molecule has 17 heavy (non-hydrogen) atoms. The van der Waals surface area contributed by atoms with E-state index in [0.717, 1.165) is 5.03 Å². The Morgan fingerprint density at radius 3 is 2.00 bits per heavy atom. The monoisotopic (exact) mass is 248 g/mol. The third kappa shape index (κ3) is 2.74. The fraction of sp³-hybridized carbons (Fsp3) is 0.500. The van der Waals surface area contributed by atoms with Gasteiger partial charge in [0.05, 0.1) is 0 Å². The van der Waals surface area contributed by atoms with Gasteiger partial charge in [-0.3, -0.25) is 0 Å². The lowest BCUT2D eigenvalue weighted by molar-refractivity contribution is 0.602. The first-order valence-electron chi connectivity index (χ1n) is 6.55. The number of aryl methyl sites for hydroxylation is 3. The van der Waals surface area contributed by atoms with Crippen LogP contribution in [-0.2, 0) is 0 Å². The lowest BCUT2D eigenvalue weighted by atomic mass is 9.90. The highest BCUT2D eigenvalue weighted by Crippen LogP contribution is 2.36. The van der Waals surface area contributed by atoms with Gasteiger partial charge < -0.3 is 0 Å². The van der Waals surface area contributed by atoms with Gasteiger partial charge in [0.1, 0.15) is 0 Å². The molecule has 1 aromatic rings. The van der Waals surface area contributed by atoms with E-state index in [1.54, 1.807) is 0 Å². The molecule has 1 fully saturated rings. The van der Waals surface area contributed by atoms with Gasteiger partial charge >= 0.3 is 0 Å². The summed E-state index contributed by atoms with van der Waals surface area (Å²) in [6.07, 6.45) is 6.34. The lowest BCUT2D eigenvalue weighted by Gasteiger charge is -2.18. The molecule has 1 saturated carbocycles. The van der Waals surface area contributed by atoms with Crippen LogP contribution in [0.4, 0.5) is 0 Å². The van der Waals surface area contributed by atoms with Crippen LogP contribution in [0.2, 0.25) is 0 Å². The summed E-state index contributed by atoms with van der Waals surface area (Å²) in [5.41, 5.74) is 6.68. The van der Waals surface area contributed by atoms with Gasteiger partial charge in [-0.05, 0) is 63.1 Å². The van der Waals surface area contributed by atoms with Crippen molar-refractivity contribution >= 4 is 16.6 Å². The molecule has 0 saturated heterocycles. The summed E-state index contributed by atoms with van der Waals surface area (Å²) in [6.45, 7) is 6.48. The van der Waals surface area contributed by atoms with Gasteiger partial charge in [-0.25, -0.2) is 0 Å². The van der Waals surface area contributed by atoms with E-state index in [1.165, 1.54) is 59.9 Å². The number of hydrogen-bond acceptors (Lipinski definition) is 0. The Labute approximate surface area is 110 Å². The van der Waals surface area contributed by atoms with Crippen LogP contribution in [-0.4, -0.2) is 0 Å². The molecule has 0 radical (unpaired) electrons. The number of hydrogen-bond donors (Lipinski definition) is 0. The zero-order valence-electron chi connectivity index (χ0n) is 11.1. The molecule has 0 aromatic heterocycles. The van der Waals surface area contributed by atoms with E-state index >= 15 is 0 Å². The molecule has 1 aromatic carbocycles. The Morgan fingerprint density at radius 2 is 1.47 bits per heavy atom. The van der Waals surface area contributed by atoms with Gasteiger partial charge in [-0.15, -0.1) is 0 Å². The van der Waals surface area contributed by atoms with Crippen molar-refractivity contribution in [2.45, 2.75) is 52.9 Å². The summed E-state index contributed by atoms with van der Waals surface area (Å²) < 4.78 is 0.